The van der Waals surface area contributed by atoms with Gasteiger partial charge >= 0.3 is 54.9 Å². The average Bonchev–Trinajstić information content (AvgIpc) is 3.13. The fraction of sp³-hybridized carbons (Fsp3) is 0.926. The third-order valence-electron chi connectivity index (χ3n) is 11.3. The summed E-state index contributed by atoms with van der Waals surface area (Å²) in [6.45, 7) is 3.41. The van der Waals surface area contributed by atoms with E-state index in [9.17, 15) is 45.3 Å². The van der Waals surface area contributed by atoms with Crippen molar-refractivity contribution in [3.05, 3.63) is 0 Å². The first-order chi connectivity index (χ1) is 17.8. The van der Waals surface area contributed by atoms with Crippen LogP contribution in [0, 0.1) is 34.5 Å². The number of aliphatic carboxylic acids is 1. The van der Waals surface area contributed by atoms with Gasteiger partial charge in [0.2, 0.25) is 0 Å². The molecule has 0 aromatic heterocycles. The van der Waals surface area contributed by atoms with Gasteiger partial charge in [-0.3, -0.25) is 4.79 Å². The molecular weight excluding hydrogens is 638 g/mol. The monoisotopic (exact) mass is 680 g/mol. The number of ether oxygens (including phenoxy) is 2. The molecule has 0 bridgehead atoms. The van der Waals surface area contributed by atoms with Crippen molar-refractivity contribution in [2.24, 2.45) is 34.5 Å². The number of hydrogen-bond donors (Lipinski definition) is 7. The van der Waals surface area contributed by atoms with Crippen molar-refractivity contribution >= 4 is 60.6 Å². The van der Waals surface area contributed by atoms with Crippen molar-refractivity contribution in [3.63, 3.8) is 0 Å². The van der Waals surface area contributed by atoms with Gasteiger partial charge in [0, 0.05) is 17.8 Å². The maximum atomic E-state index is 13.9. The zero-order valence-corrected chi connectivity index (χ0v) is 27.1. The molecule has 11 nitrogen and oxygen atoms in total. The Morgan fingerprint density at radius 2 is 1.74 bits per heavy atom. The van der Waals surface area contributed by atoms with Crippen LogP contribution in [-0.4, -0.2) is 152 Å². The Balaban J connectivity index is 0.00000353. The van der Waals surface area contributed by atoms with Crippen LogP contribution in [0.5, 0.6) is 0 Å². The maximum Gasteiger partial charge on any atom is 2.00 e. The van der Waals surface area contributed by atoms with Crippen molar-refractivity contribution in [2.45, 2.75) is 114 Å². The van der Waals surface area contributed by atoms with Crippen LogP contribution in [0.25, 0.3) is 0 Å². The number of carboxylic acid groups (broad SMARTS) is 1. The molecule has 0 aromatic rings. The largest absolute Gasteiger partial charge is 2.00 e. The molecule has 4 saturated carbocycles. The van der Waals surface area contributed by atoms with Gasteiger partial charge in [-0.15, -0.1) is 0 Å². The number of hydrogen-bond acceptors (Lipinski definition) is 10. The van der Waals surface area contributed by atoms with Crippen LogP contribution in [0.4, 0.5) is 0 Å². The molecule has 14 unspecified atom stereocenters. The molecule has 5 fully saturated rings. The van der Waals surface area contributed by atoms with E-state index >= 15 is 0 Å². The Morgan fingerprint density at radius 1 is 1.08 bits per heavy atom. The number of Topliss-reactive ketones (excluding diaryl/α,β-unsaturated/α-hetero) is 1. The number of carbonyl (C=O) groups excluding carboxylic acids is 1. The fourth-order valence-electron chi connectivity index (χ4n) is 9.33. The predicted molar refractivity (Wildman–Crippen MR) is 135 cm³/mol. The molecule has 14 atom stereocenters. The zero-order valence-electron chi connectivity index (χ0n) is 22.7. The van der Waals surface area contributed by atoms with Gasteiger partial charge in [0.1, 0.15) is 30.2 Å². The number of ketones is 1. The van der Waals surface area contributed by atoms with Gasteiger partial charge in [0.15, 0.2) is 12.4 Å². The van der Waals surface area contributed by atoms with E-state index in [0.29, 0.717) is 25.7 Å². The molecule has 216 valence electrons. The summed E-state index contributed by atoms with van der Waals surface area (Å²) in [5.74, 6) is -1.38. The SMILES string of the molecule is CC12CC(OC3OC(C(=O)O)C(O)C(O)C3O)CCC1CCC1C2C(=O)CC2(C)C1CCC2(O)C(O)CO.[Ba+2]. The number of aliphatic hydroxyl groups excluding tert-OH is 5. The number of carboxylic acids is 1. The van der Waals surface area contributed by atoms with Gasteiger partial charge in [-0.25, -0.2) is 4.79 Å². The number of rotatable bonds is 5. The summed E-state index contributed by atoms with van der Waals surface area (Å²) < 4.78 is 11.4. The Morgan fingerprint density at radius 3 is 2.38 bits per heavy atom. The van der Waals surface area contributed by atoms with E-state index < -0.39 is 71.9 Å². The van der Waals surface area contributed by atoms with Crippen LogP contribution >= 0.6 is 0 Å². The molecule has 0 aromatic carbocycles. The minimum atomic E-state index is -1.79. The van der Waals surface area contributed by atoms with Crippen molar-refractivity contribution < 1.29 is 54.8 Å². The molecule has 1 heterocycles. The van der Waals surface area contributed by atoms with Crippen molar-refractivity contribution in [1.82, 2.24) is 0 Å². The summed E-state index contributed by atoms with van der Waals surface area (Å²) in [7, 11) is 0. The molecule has 0 amide bonds. The summed E-state index contributed by atoms with van der Waals surface area (Å²) in [6, 6.07) is 0. The molecule has 39 heavy (non-hydrogen) atoms. The minimum Gasteiger partial charge on any atom is -0.479 e. The molecule has 1 saturated heterocycles. The smallest absolute Gasteiger partial charge is 0.479 e. The third kappa shape index (κ3) is 4.95. The normalized spacial score (nSPS) is 52.2. The minimum absolute atomic E-state index is 0. The fourth-order valence-corrected chi connectivity index (χ4v) is 9.33. The van der Waals surface area contributed by atoms with E-state index in [-0.39, 0.29) is 84.8 Å². The van der Waals surface area contributed by atoms with Crippen LogP contribution in [0.1, 0.15) is 65.2 Å². The van der Waals surface area contributed by atoms with Gasteiger partial charge in [0.05, 0.1) is 18.3 Å². The van der Waals surface area contributed by atoms with Gasteiger partial charge in [-0.1, -0.05) is 13.8 Å². The van der Waals surface area contributed by atoms with Gasteiger partial charge in [0.25, 0.3) is 0 Å². The van der Waals surface area contributed by atoms with E-state index in [1.54, 1.807) is 0 Å². The first kappa shape index (κ1) is 32.3. The van der Waals surface area contributed by atoms with E-state index in [4.69, 9.17) is 9.47 Å². The Bertz CT molecular complexity index is 951. The van der Waals surface area contributed by atoms with Crippen LogP contribution in [0.15, 0.2) is 0 Å². The number of aliphatic hydroxyl groups is 6. The topological polar surface area (TPSA) is 194 Å². The molecule has 12 heteroatoms. The summed E-state index contributed by atoms with van der Waals surface area (Å²) in [5.41, 5.74) is -2.78. The molecule has 1 aliphatic heterocycles. The Hall–Kier alpha value is 0.391. The van der Waals surface area contributed by atoms with Crippen molar-refractivity contribution in [1.29, 1.82) is 0 Å². The second-order valence-electron chi connectivity index (χ2n) is 13.0. The summed E-state index contributed by atoms with van der Waals surface area (Å²) >= 11 is 0. The molecule has 5 rings (SSSR count). The van der Waals surface area contributed by atoms with Crippen molar-refractivity contribution in [2.75, 3.05) is 6.61 Å². The van der Waals surface area contributed by atoms with Crippen LogP contribution in [0.2, 0.25) is 0 Å². The second kappa shape index (κ2) is 11.5. The Kier molecular flexibility index (Phi) is 9.51. The Labute approximate surface area is 268 Å². The first-order valence-electron chi connectivity index (χ1n) is 13.9. The molecular formula is C27H42BaO11+2. The van der Waals surface area contributed by atoms with Gasteiger partial charge < -0.3 is 45.2 Å². The number of fused-ring (bicyclic) bond motifs is 5. The van der Waals surface area contributed by atoms with Crippen molar-refractivity contribution in [3.8, 4) is 0 Å². The van der Waals surface area contributed by atoms with Crippen LogP contribution in [0.3, 0.4) is 0 Å². The quantitative estimate of drug-likeness (QED) is 0.142. The second-order valence-corrected chi connectivity index (χ2v) is 13.0. The predicted octanol–water partition coefficient (Wildman–Crippen LogP) is -0.811. The van der Waals surface area contributed by atoms with E-state index in [2.05, 4.69) is 6.92 Å². The average molecular weight is 680 g/mol. The number of carbonyl (C=O) groups is 2. The van der Waals surface area contributed by atoms with E-state index in [1.807, 2.05) is 6.92 Å². The maximum absolute atomic E-state index is 13.9. The zero-order chi connectivity index (χ0) is 27.8. The summed E-state index contributed by atoms with van der Waals surface area (Å²) in [5, 5.41) is 71.6. The molecule has 7 N–H and O–H groups in total. The van der Waals surface area contributed by atoms with Crippen LogP contribution in [-0.2, 0) is 19.1 Å². The molecule has 0 radical (unpaired) electrons. The van der Waals surface area contributed by atoms with Crippen LogP contribution < -0.4 is 0 Å². The van der Waals surface area contributed by atoms with Gasteiger partial charge in [-0.2, -0.15) is 0 Å². The molecule has 5 aliphatic rings. The third-order valence-corrected chi connectivity index (χ3v) is 11.3. The molecule has 4 aliphatic carbocycles. The van der Waals surface area contributed by atoms with Gasteiger partial charge in [-0.05, 0) is 68.1 Å². The first-order valence-corrected chi connectivity index (χ1v) is 13.9. The molecule has 0 spiro atoms. The summed E-state index contributed by atoms with van der Waals surface area (Å²) in [6.07, 6.45) is -5.34. The van der Waals surface area contributed by atoms with E-state index in [1.165, 1.54) is 0 Å². The standard InChI is InChI=1S/C27H42O11.Ba/c1-25-9-13(37-24-21(33)19(31)20(32)22(38-24)23(34)35)5-3-12(25)4-6-14-15-7-8-27(36,17(30)11-28)26(15,2)10-16(29)18(14)25;/h12-15,17-22,24,28,30-33,36H,3-11H2,1-2H3,(H,34,35);/q;+2. The summed E-state index contributed by atoms with van der Waals surface area (Å²) in [4.78, 5) is 25.4. The van der Waals surface area contributed by atoms with E-state index in [0.717, 1.165) is 19.3 Å².